The van der Waals surface area contributed by atoms with Gasteiger partial charge < -0.3 is 11.5 Å². The minimum absolute atomic E-state index is 0.00185. The van der Waals surface area contributed by atoms with Crippen molar-refractivity contribution >= 4 is 21.6 Å². The molecule has 21 heavy (non-hydrogen) atoms. The van der Waals surface area contributed by atoms with Gasteiger partial charge in [-0.1, -0.05) is 0 Å². The summed E-state index contributed by atoms with van der Waals surface area (Å²) < 4.78 is 26.7. The summed E-state index contributed by atoms with van der Waals surface area (Å²) in [5, 5.41) is 0. The minimum Gasteiger partial charge on any atom is -0.398 e. The van der Waals surface area contributed by atoms with E-state index in [0.717, 1.165) is 0 Å². The number of rotatable bonds is 5. The summed E-state index contributed by atoms with van der Waals surface area (Å²) in [5.41, 5.74) is 11.4. The summed E-state index contributed by atoms with van der Waals surface area (Å²) in [7, 11) is -3.82. The standard InChI is InChI=1S/C12H13N5O3S/c13-10-5-8(12(14)18)1-2-11(10)21(19,20)17-6-9-3-4-15-7-16-9/h1-5,7,17H,6,13H2,(H2,14,18). The van der Waals surface area contributed by atoms with Crippen LogP contribution in [0.2, 0.25) is 0 Å². The maximum atomic E-state index is 12.2. The molecule has 0 radical (unpaired) electrons. The van der Waals surface area contributed by atoms with Crippen LogP contribution < -0.4 is 16.2 Å². The van der Waals surface area contributed by atoms with E-state index in [1.54, 1.807) is 6.07 Å². The van der Waals surface area contributed by atoms with Gasteiger partial charge in [0.1, 0.15) is 11.2 Å². The number of amides is 1. The fourth-order valence-corrected chi connectivity index (χ4v) is 2.73. The molecule has 1 heterocycles. The average Bonchev–Trinajstić information content (AvgIpc) is 2.46. The highest BCUT2D eigenvalue weighted by Crippen LogP contribution is 2.19. The van der Waals surface area contributed by atoms with Gasteiger partial charge in [0.05, 0.1) is 17.9 Å². The highest BCUT2D eigenvalue weighted by molar-refractivity contribution is 7.89. The van der Waals surface area contributed by atoms with E-state index >= 15 is 0 Å². The van der Waals surface area contributed by atoms with Gasteiger partial charge in [0.15, 0.2) is 0 Å². The van der Waals surface area contributed by atoms with Crippen LogP contribution in [0.4, 0.5) is 5.69 Å². The number of nitrogens with one attached hydrogen (secondary N) is 1. The zero-order chi connectivity index (χ0) is 15.5. The molecule has 5 N–H and O–H groups in total. The van der Waals surface area contributed by atoms with E-state index in [0.29, 0.717) is 5.69 Å². The Labute approximate surface area is 121 Å². The monoisotopic (exact) mass is 307 g/mol. The number of sulfonamides is 1. The van der Waals surface area contributed by atoms with Crippen molar-refractivity contribution in [1.29, 1.82) is 0 Å². The third kappa shape index (κ3) is 3.52. The lowest BCUT2D eigenvalue weighted by Crippen LogP contribution is -2.25. The Kier molecular flexibility index (Phi) is 4.15. The number of anilines is 1. The molecular formula is C12H13N5O3S. The molecule has 0 spiro atoms. The second-order valence-electron chi connectivity index (χ2n) is 4.14. The lowest BCUT2D eigenvalue weighted by molar-refractivity contribution is 0.1000. The van der Waals surface area contributed by atoms with Crippen molar-refractivity contribution in [1.82, 2.24) is 14.7 Å². The van der Waals surface area contributed by atoms with Crippen LogP contribution in [0.1, 0.15) is 16.1 Å². The van der Waals surface area contributed by atoms with Gasteiger partial charge in [0.2, 0.25) is 15.9 Å². The number of nitrogen functional groups attached to an aromatic ring is 1. The van der Waals surface area contributed by atoms with Gasteiger partial charge in [-0.3, -0.25) is 4.79 Å². The van der Waals surface area contributed by atoms with Crippen LogP contribution in [0, 0.1) is 0 Å². The van der Waals surface area contributed by atoms with Gasteiger partial charge in [-0.05, 0) is 24.3 Å². The number of carbonyl (C=O) groups is 1. The maximum Gasteiger partial charge on any atom is 0.248 e. The summed E-state index contributed by atoms with van der Waals surface area (Å²) in [6, 6.07) is 5.35. The van der Waals surface area contributed by atoms with E-state index < -0.39 is 15.9 Å². The van der Waals surface area contributed by atoms with Crippen LogP contribution in [-0.4, -0.2) is 24.3 Å². The zero-order valence-electron chi connectivity index (χ0n) is 10.9. The molecule has 0 saturated heterocycles. The van der Waals surface area contributed by atoms with Crippen LogP contribution in [0.25, 0.3) is 0 Å². The van der Waals surface area contributed by atoms with Crippen molar-refractivity contribution in [2.75, 3.05) is 5.73 Å². The predicted octanol–water partition coefficient (Wildman–Crippen LogP) is -0.364. The van der Waals surface area contributed by atoms with Crippen molar-refractivity contribution in [2.45, 2.75) is 11.4 Å². The number of hydrogen-bond donors (Lipinski definition) is 3. The van der Waals surface area contributed by atoms with Crippen LogP contribution in [0.5, 0.6) is 0 Å². The molecule has 0 aliphatic carbocycles. The zero-order valence-corrected chi connectivity index (χ0v) is 11.7. The fourth-order valence-electron chi connectivity index (χ4n) is 1.62. The molecule has 8 nitrogen and oxygen atoms in total. The Morgan fingerprint density at radius 1 is 1.29 bits per heavy atom. The van der Waals surface area contributed by atoms with Gasteiger partial charge in [0, 0.05) is 11.8 Å². The van der Waals surface area contributed by atoms with E-state index in [-0.39, 0.29) is 22.7 Å². The van der Waals surface area contributed by atoms with Gasteiger partial charge in [-0.2, -0.15) is 0 Å². The number of hydrogen-bond acceptors (Lipinski definition) is 6. The summed E-state index contributed by atoms with van der Waals surface area (Å²) >= 11 is 0. The second kappa shape index (κ2) is 5.85. The first kappa shape index (κ1) is 14.9. The van der Waals surface area contributed by atoms with E-state index in [1.165, 1.54) is 30.7 Å². The molecular weight excluding hydrogens is 294 g/mol. The molecule has 0 atom stereocenters. The van der Waals surface area contributed by atoms with Crippen LogP contribution in [-0.2, 0) is 16.6 Å². The van der Waals surface area contributed by atoms with E-state index in [9.17, 15) is 13.2 Å². The number of primary amides is 1. The summed E-state index contributed by atoms with van der Waals surface area (Å²) in [6.07, 6.45) is 2.83. The predicted molar refractivity (Wildman–Crippen MR) is 75.4 cm³/mol. The third-order valence-electron chi connectivity index (χ3n) is 2.67. The Bertz CT molecular complexity index is 762. The highest BCUT2D eigenvalue weighted by Gasteiger charge is 2.18. The molecule has 1 aromatic heterocycles. The SMILES string of the molecule is NC(=O)c1ccc(S(=O)(=O)NCc2ccncn2)c(N)c1. The molecule has 0 aliphatic heterocycles. The van der Waals surface area contributed by atoms with Gasteiger partial charge in [0.25, 0.3) is 0 Å². The molecule has 2 rings (SSSR count). The summed E-state index contributed by atoms with van der Waals surface area (Å²) in [5.74, 6) is -0.681. The van der Waals surface area contributed by atoms with Gasteiger partial charge >= 0.3 is 0 Å². The topological polar surface area (TPSA) is 141 Å². The van der Waals surface area contributed by atoms with Crippen LogP contribution in [0.3, 0.4) is 0 Å². The third-order valence-corrected chi connectivity index (χ3v) is 4.15. The summed E-state index contributed by atoms with van der Waals surface area (Å²) in [6.45, 7) is 0.00185. The molecule has 0 saturated carbocycles. The smallest absolute Gasteiger partial charge is 0.248 e. The second-order valence-corrected chi connectivity index (χ2v) is 5.88. The number of benzene rings is 1. The molecule has 0 bridgehead atoms. The maximum absolute atomic E-state index is 12.2. The average molecular weight is 307 g/mol. The lowest BCUT2D eigenvalue weighted by atomic mass is 10.2. The van der Waals surface area contributed by atoms with Gasteiger partial charge in [-0.25, -0.2) is 23.1 Å². The Morgan fingerprint density at radius 2 is 2.05 bits per heavy atom. The molecule has 9 heteroatoms. The van der Waals surface area contributed by atoms with E-state index in [1.807, 2.05) is 0 Å². The number of nitrogens with two attached hydrogens (primary N) is 2. The Balaban J connectivity index is 2.22. The van der Waals surface area contributed by atoms with Crippen molar-refractivity contribution in [3.8, 4) is 0 Å². The van der Waals surface area contributed by atoms with Crippen LogP contribution in [0.15, 0.2) is 41.7 Å². The fraction of sp³-hybridized carbons (Fsp3) is 0.0833. The van der Waals surface area contributed by atoms with Crippen molar-refractivity contribution in [3.05, 3.63) is 48.0 Å². The molecule has 2 aromatic rings. The lowest BCUT2D eigenvalue weighted by Gasteiger charge is -2.09. The molecule has 110 valence electrons. The number of aromatic nitrogens is 2. The van der Waals surface area contributed by atoms with Crippen LogP contribution >= 0.6 is 0 Å². The number of carbonyl (C=O) groups excluding carboxylic acids is 1. The van der Waals surface area contributed by atoms with Gasteiger partial charge in [-0.15, -0.1) is 0 Å². The number of nitrogens with zero attached hydrogens (tertiary/aromatic N) is 2. The van der Waals surface area contributed by atoms with E-state index in [2.05, 4.69) is 14.7 Å². The van der Waals surface area contributed by atoms with Crippen molar-refractivity contribution in [3.63, 3.8) is 0 Å². The highest BCUT2D eigenvalue weighted by atomic mass is 32.2. The molecule has 1 aromatic carbocycles. The van der Waals surface area contributed by atoms with E-state index in [4.69, 9.17) is 11.5 Å². The normalized spacial score (nSPS) is 11.2. The first-order valence-electron chi connectivity index (χ1n) is 5.84. The first-order valence-corrected chi connectivity index (χ1v) is 7.32. The largest absolute Gasteiger partial charge is 0.398 e. The molecule has 0 unspecified atom stereocenters. The first-order chi connectivity index (χ1) is 9.90. The quantitative estimate of drug-likeness (QED) is 0.644. The van der Waals surface area contributed by atoms with Crippen molar-refractivity contribution in [2.24, 2.45) is 5.73 Å². The van der Waals surface area contributed by atoms with Crippen molar-refractivity contribution < 1.29 is 13.2 Å². The summed E-state index contributed by atoms with van der Waals surface area (Å²) in [4.78, 5) is 18.5. The molecule has 0 fully saturated rings. The molecule has 1 amide bonds. The molecule has 0 aliphatic rings. The minimum atomic E-state index is -3.82. The Morgan fingerprint density at radius 3 is 2.62 bits per heavy atom. The Hall–Kier alpha value is -2.52.